The van der Waals surface area contributed by atoms with Crippen molar-refractivity contribution in [1.82, 2.24) is 19.9 Å². The largest absolute Gasteiger partial charge is 0.368 e. The number of H-pyrrole nitrogens is 1. The molecule has 0 unspecified atom stereocenters. The molecule has 2 heterocycles. The van der Waals surface area contributed by atoms with Gasteiger partial charge < -0.3 is 15.2 Å². The van der Waals surface area contributed by atoms with E-state index in [-0.39, 0.29) is 0 Å². The Kier molecular flexibility index (Phi) is 3.83. The lowest BCUT2D eigenvalue weighted by Crippen LogP contribution is -2.21. The molecule has 21 heavy (non-hydrogen) atoms. The average molecular weight is 281 g/mol. The molecule has 1 aromatic carbocycles. The number of rotatable bonds is 5. The van der Waals surface area contributed by atoms with Crippen LogP contribution in [0, 0.1) is 0 Å². The third-order valence-corrected chi connectivity index (χ3v) is 3.29. The maximum absolute atomic E-state index is 4.67. The van der Waals surface area contributed by atoms with Gasteiger partial charge in [0.05, 0.1) is 11.2 Å². The summed E-state index contributed by atoms with van der Waals surface area (Å²) in [6, 6.07) is 12.0. The molecule has 5 nitrogen and oxygen atoms in total. The first kappa shape index (κ1) is 13.6. The molecule has 0 atom stereocenters. The van der Waals surface area contributed by atoms with E-state index in [0.717, 1.165) is 35.5 Å². The van der Waals surface area contributed by atoms with Gasteiger partial charge in [-0.3, -0.25) is 0 Å². The Morgan fingerprint density at radius 1 is 1.10 bits per heavy atom. The fourth-order valence-corrected chi connectivity index (χ4v) is 2.20. The number of likely N-dealkylation sites (N-methyl/N-ethyl adjacent to an activating group) is 1. The normalized spacial score (nSPS) is 11.2. The standard InChI is InChI=1S/C16H19N5/c1-21(2)11-10-18-15-12-6-3-4-7-13(12)19-16(20-15)14-8-5-9-17-14/h3-9,17H,10-11H2,1-2H3,(H,18,19,20). The number of para-hydroxylation sites is 1. The first-order chi connectivity index (χ1) is 10.2. The van der Waals surface area contributed by atoms with Crippen molar-refractivity contribution < 1.29 is 0 Å². The van der Waals surface area contributed by atoms with Crippen molar-refractivity contribution in [3.05, 3.63) is 42.6 Å². The number of hydrogen-bond donors (Lipinski definition) is 2. The lowest BCUT2D eigenvalue weighted by molar-refractivity contribution is 0.425. The lowest BCUT2D eigenvalue weighted by Gasteiger charge is -2.13. The van der Waals surface area contributed by atoms with Crippen molar-refractivity contribution in [2.24, 2.45) is 0 Å². The van der Waals surface area contributed by atoms with Crippen LogP contribution in [0.5, 0.6) is 0 Å². The monoisotopic (exact) mass is 281 g/mol. The molecule has 0 amide bonds. The molecule has 0 aliphatic heterocycles. The number of hydrogen-bond acceptors (Lipinski definition) is 4. The number of nitrogens with one attached hydrogen (secondary N) is 2. The van der Waals surface area contributed by atoms with Crippen LogP contribution in [0.2, 0.25) is 0 Å². The van der Waals surface area contributed by atoms with Crippen LogP contribution in [0.3, 0.4) is 0 Å². The Balaban J connectivity index is 1.99. The Morgan fingerprint density at radius 2 is 1.95 bits per heavy atom. The number of aromatic nitrogens is 3. The fraction of sp³-hybridized carbons (Fsp3) is 0.250. The first-order valence-electron chi connectivity index (χ1n) is 7.03. The smallest absolute Gasteiger partial charge is 0.178 e. The summed E-state index contributed by atoms with van der Waals surface area (Å²) in [6.07, 6.45) is 1.88. The lowest BCUT2D eigenvalue weighted by atomic mass is 10.2. The zero-order valence-electron chi connectivity index (χ0n) is 12.3. The molecule has 0 spiro atoms. The maximum Gasteiger partial charge on any atom is 0.178 e. The zero-order valence-corrected chi connectivity index (χ0v) is 12.3. The minimum atomic E-state index is 0.714. The molecule has 0 bridgehead atoms. The summed E-state index contributed by atoms with van der Waals surface area (Å²) in [4.78, 5) is 14.6. The third-order valence-electron chi connectivity index (χ3n) is 3.29. The van der Waals surface area contributed by atoms with Gasteiger partial charge in [-0.1, -0.05) is 12.1 Å². The predicted molar refractivity (Wildman–Crippen MR) is 86.4 cm³/mol. The zero-order chi connectivity index (χ0) is 14.7. The molecule has 0 aliphatic carbocycles. The van der Waals surface area contributed by atoms with Gasteiger partial charge in [-0.2, -0.15) is 0 Å². The Morgan fingerprint density at radius 3 is 2.71 bits per heavy atom. The highest BCUT2D eigenvalue weighted by molar-refractivity contribution is 5.90. The van der Waals surface area contributed by atoms with Crippen LogP contribution in [0.1, 0.15) is 0 Å². The Hall–Kier alpha value is -2.40. The highest BCUT2D eigenvalue weighted by Crippen LogP contribution is 2.23. The summed E-state index contributed by atoms with van der Waals surface area (Å²) in [7, 11) is 4.12. The van der Waals surface area contributed by atoms with E-state index in [1.54, 1.807) is 0 Å². The van der Waals surface area contributed by atoms with Crippen molar-refractivity contribution in [3.8, 4) is 11.5 Å². The molecule has 0 radical (unpaired) electrons. The van der Waals surface area contributed by atoms with E-state index in [4.69, 9.17) is 0 Å². The second-order valence-corrected chi connectivity index (χ2v) is 5.23. The van der Waals surface area contributed by atoms with Crippen molar-refractivity contribution in [3.63, 3.8) is 0 Å². The average Bonchev–Trinajstić information content (AvgIpc) is 3.01. The van der Waals surface area contributed by atoms with Gasteiger partial charge in [-0.25, -0.2) is 9.97 Å². The minimum absolute atomic E-state index is 0.714. The Labute approximate surface area is 124 Å². The van der Waals surface area contributed by atoms with Crippen LogP contribution in [0.4, 0.5) is 5.82 Å². The van der Waals surface area contributed by atoms with E-state index in [0.29, 0.717) is 5.82 Å². The highest BCUT2D eigenvalue weighted by atomic mass is 15.1. The fourth-order valence-electron chi connectivity index (χ4n) is 2.20. The van der Waals surface area contributed by atoms with Gasteiger partial charge in [0.15, 0.2) is 5.82 Å². The molecule has 108 valence electrons. The van der Waals surface area contributed by atoms with Crippen LogP contribution < -0.4 is 5.32 Å². The van der Waals surface area contributed by atoms with Gasteiger partial charge in [0.25, 0.3) is 0 Å². The third kappa shape index (κ3) is 3.03. The van der Waals surface area contributed by atoms with E-state index in [1.165, 1.54) is 0 Å². The second-order valence-electron chi connectivity index (χ2n) is 5.23. The number of benzene rings is 1. The van der Waals surface area contributed by atoms with Crippen LogP contribution in [-0.4, -0.2) is 47.0 Å². The number of fused-ring (bicyclic) bond motifs is 1. The molecule has 0 fully saturated rings. The van der Waals surface area contributed by atoms with Crippen LogP contribution in [-0.2, 0) is 0 Å². The van der Waals surface area contributed by atoms with Gasteiger partial charge in [0, 0.05) is 24.7 Å². The summed E-state index contributed by atoms with van der Waals surface area (Å²) in [5, 5.41) is 4.46. The van der Waals surface area contributed by atoms with Crippen LogP contribution in [0.15, 0.2) is 42.6 Å². The SMILES string of the molecule is CN(C)CCNc1nc(-c2ccc[nH]2)nc2ccccc12. The van der Waals surface area contributed by atoms with E-state index in [9.17, 15) is 0 Å². The molecule has 0 saturated heterocycles. The summed E-state index contributed by atoms with van der Waals surface area (Å²) in [6.45, 7) is 1.80. The maximum atomic E-state index is 4.67. The van der Waals surface area contributed by atoms with Crippen molar-refractivity contribution >= 4 is 16.7 Å². The molecular formula is C16H19N5. The molecule has 0 aliphatic rings. The molecule has 3 aromatic rings. The van der Waals surface area contributed by atoms with Gasteiger partial charge in [-0.15, -0.1) is 0 Å². The van der Waals surface area contributed by atoms with E-state index >= 15 is 0 Å². The van der Waals surface area contributed by atoms with Crippen LogP contribution in [0.25, 0.3) is 22.4 Å². The minimum Gasteiger partial charge on any atom is -0.368 e. The first-order valence-corrected chi connectivity index (χ1v) is 7.03. The quantitative estimate of drug-likeness (QED) is 0.755. The second kappa shape index (κ2) is 5.93. The summed E-state index contributed by atoms with van der Waals surface area (Å²) >= 11 is 0. The van der Waals surface area contributed by atoms with E-state index in [2.05, 4.69) is 39.3 Å². The summed E-state index contributed by atoms with van der Waals surface area (Å²) in [5.74, 6) is 1.60. The van der Waals surface area contributed by atoms with Gasteiger partial charge >= 0.3 is 0 Å². The van der Waals surface area contributed by atoms with E-state index in [1.807, 2.05) is 42.6 Å². The molecule has 2 N–H and O–H groups in total. The van der Waals surface area contributed by atoms with Gasteiger partial charge in [0.2, 0.25) is 0 Å². The molecular weight excluding hydrogens is 262 g/mol. The van der Waals surface area contributed by atoms with Crippen LogP contribution >= 0.6 is 0 Å². The predicted octanol–water partition coefficient (Wildman–Crippen LogP) is 2.60. The van der Waals surface area contributed by atoms with Crippen molar-refractivity contribution in [1.29, 1.82) is 0 Å². The Bertz CT molecular complexity index is 719. The number of aromatic amines is 1. The highest BCUT2D eigenvalue weighted by Gasteiger charge is 2.09. The summed E-state index contributed by atoms with van der Waals surface area (Å²) in [5.41, 5.74) is 1.88. The number of nitrogens with zero attached hydrogens (tertiary/aromatic N) is 3. The molecule has 3 rings (SSSR count). The number of anilines is 1. The summed E-state index contributed by atoms with van der Waals surface area (Å²) < 4.78 is 0. The van der Waals surface area contributed by atoms with Crippen molar-refractivity contribution in [2.75, 3.05) is 32.5 Å². The molecule has 2 aromatic heterocycles. The van der Waals surface area contributed by atoms with Gasteiger partial charge in [0.1, 0.15) is 5.82 Å². The van der Waals surface area contributed by atoms with E-state index < -0.39 is 0 Å². The molecule has 0 saturated carbocycles. The van der Waals surface area contributed by atoms with Gasteiger partial charge in [-0.05, 0) is 38.4 Å². The van der Waals surface area contributed by atoms with Crippen molar-refractivity contribution in [2.45, 2.75) is 0 Å². The topological polar surface area (TPSA) is 56.8 Å². The molecule has 5 heteroatoms.